The zero-order valence-electron chi connectivity index (χ0n) is 18.9. The van der Waals surface area contributed by atoms with E-state index < -0.39 is 0 Å². The summed E-state index contributed by atoms with van der Waals surface area (Å²) in [5.41, 5.74) is 4.19. The van der Waals surface area contributed by atoms with Crippen LogP contribution in [0.3, 0.4) is 0 Å². The SMILES string of the molecule is c1ccc(CCN2CCN(Cc3coc4cc(Oc5nc6ncccc6s5)ccc34)CC2)cc1. The van der Waals surface area contributed by atoms with Crippen molar-refractivity contribution in [3.8, 4) is 10.9 Å². The van der Waals surface area contributed by atoms with E-state index in [0.717, 1.165) is 67.1 Å². The third-order valence-corrected chi connectivity index (χ3v) is 7.28. The molecule has 0 unspecified atom stereocenters. The Hall–Kier alpha value is -3.26. The number of hydrogen-bond acceptors (Lipinski definition) is 7. The summed E-state index contributed by atoms with van der Waals surface area (Å²) in [6.07, 6.45) is 4.75. The van der Waals surface area contributed by atoms with Gasteiger partial charge in [-0.2, -0.15) is 4.98 Å². The Bertz CT molecular complexity index is 1360. The minimum absolute atomic E-state index is 0.588. The average Bonchev–Trinajstić information content (AvgIpc) is 3.47. The van der Waals surface area contributed by atoms with Gasteiger partial charge in [-0.25, -0.2) is 4.98 Å². The quantitative estimate of drug-likeness (QED) is 0.309. The molecule has 34 heavy (non-hydrogen) atoms. The number of piperazine rings is 1. The Kier molecular flexibility index (Phi) is 5.97. The maximum Gasteiger partial charge on any atom is 0.281 e. The van der Waals surface area contributed by atoms with E-state index >= 15 is 0 Å². The molecule has 0 N–H and O–H groups in total. The molecule has 1 fully saturated rings. The fourth-order valence-electron chi connectivity index (χ4n) is 4.49. The van der Waals surface area contributed by atoms with Crippen LogP contribution in [-0.2, 0) is 13.0 Å². The van der Waals surface area contributed by atoms with Crippen molar-refractivity contribution in [1.29, 1.82) is 0 Å². The molecule has 5 aromatic rings. The molecule has 172 valence electrons. The molecule has 6 rings (SSSR count). The lowest BCUT2D eigenvalue weighted by molar-refractivity contribution is 0.128. The Morgan fingerprint density at radius 3 is 2.65 bits per heavy atom. The average molecular weight is 471 g/mol. The molecule has 0 amide bonds. The maximum atomic E-state index is 5.99. The number of hydrogen-bond donors (Lipinski definition) is 0. The van der Waals surface area contributed by atoms with Crippen LogP contribution in [0.15, 0.2) is 77.5 Å². The molecule has 0 bridgehead atoms. The van der Waals surface area contributed by atoms with E-state index in [1.54, 1.807) is 6.20 Å². The number of aromatic nitrogens is 2. The number of furan rings is 1. The number of thiazole rings is 1. The molecule has 1 aliphatic rings. The van der Waals surface area contributed by atoms with Gasteiger partial charge in [0, 0.05) is 62.5 Å². The van der Waals surface area contributed by atoms with Crippen molar-refractivity contribution in [3.63, 3.8) is 0 Å². The van der Waals surface area contributed by atoms with Crippen molar-refractivity contribution in [2.45, 2.75) is 13.0 Å². The fourth-order valence-corrected chi connectivity index (χ4v) is 5.28. The summed E-state index contributed by atoms with van der Waals surface area (Å²) in [7, 11) is 0. The second kappa shape index (κ2) is 9.54. The molecule has 0 spiro atoms. The first kappa shape index (κ1) is 21.3. The Labute approximate surface area is 202 Å². The zero-order valence-corrected chi connectivity index (χ0v) is 19.7. The maximum absolute atomic E-state index is 5.99. The van der Waals surface area contributed by atoms with E-state index in [0.29, 0.717) is 10.8 Å². The van der Waals surface area contributed by atoms with Crippen LogP contribution < -0.4 is 4.74 Å². The van der Waals surface area contributed by atoms with E-state index in [1.165, 1.54) is 22.5 Å². The van der Waals surface area contributed by atoms with Gasteiger partial charge in [0.25, 0.3) is 5.19 Å². The van der Waals surface area contributed by atoms with Gasteiger partial charge in [0.1, 0.15) is 11.3 Å². The van der Waals surface area contributed by atoms with E-state index in [2.05, 4.69) is 56.2 Å². The second-order valence-electron chi connectivity index (χ2n) is 8.68. The van der Waals surface area contributed by atoms with Gasteiger partial charge < -0.3 is 14.1 Å². The minimum atomic E-state index is 0.588. The van der Waals surface area contributed by atoms with Crippen molar-refractivity contribution in [3.05, 3.63) is 84.3 Å². The largest absolute Gasteiger partial charge is 0.464 e. The van der Waals surface area contributed by atoms with E-state index in [1.807, 2.05) is 30.5 Å². The van der Waals surface area contributed by atoms with Crippen molar-refractivity contribution in [2.24, 2.45) is 0 Å². The number of rotatable bonds is 7. The van der Waals surface area contributed by atoms with Gasteiger partial charge >= 0.3 is 0 Å². The lowest BCUT2D eigenvalue weighted by atomic mass is 10.1. The first-order chi connectivity index (χ1) is 16.8. The minimum Gasteiger partial charge on any atom is -0.464 e. The lowest BCUT2D eigenvalue weighted by Gasteiger charge is -2.34. The van der Waals surface area contributed by atoms with Crippen LogP contribution in [-0.4, -0.2) is 52.5 Å². The highest BCUT2D eigenvalue weighted by Gasteiger charge is 2.19. The summed E-state index contributed by atoms with van der Waals surface area (Å²) in [5.74, 6) is 0.722. The van der Waals surface area contributed by atoms with Crippen molar-refractivity contribution in [2.75, 3.05) is 32.7 Å². The fraction of sp³-hybridized carbons (Fsp3) is 0.259. The van der Waals surface area contributed by atoms with E-state index in [9.17, 15) is 0 Å². The summed E-state index contributed by atoms with van der Waals surface area (Å²) < 4.78 is 12.9. The zero-order chi connectivity index (χ0) is 22.7. The Morgan fingerprint density at radius 2 is 1.79 bits per heavy atom. The third kappa shape index (κ3) is 4.68. The summed E-state index contributed by atoms with van der Waals surface area (Å²) in [6, 6.07) is 20.7. The van der Waals surface area contributed by atoms with Crippen LogP contribution in [0.2, 0.25) is 0 Å². The molecule has 0 saturated carbocycles. The monoisotopic (exact) mass is 470 g/mol. The highest BCUT2D eigenvalue weighted by Crippen LogP contribution is 2.33. The van der Waals surface area contributed by atoms with Gasteiger partial charge in [-0.05, 0) is 36.2 Å². The summed E-state index contributed by atoms with van der Waals surface area (Å²) in [4.78, 5) is 13.8. The first-order valence-corrected chi connectivity index (χ1v) is 12.5. The smallest absolute Gasteiger partial charge is 0.281 e. The highest BCUT2D eigenvalue weighted by molar-refractivity contribution is 7.20. The standard InChI is InChI=1S/C27H26N4O2S/c1-2-5-20(6-3-1)10-12-30-13-15-31(16-14-30)18-21-19-32-24-17-22(8-9-23(21)24)33-27-29-26-25(34-27)7-4-11-28-26/h1-9,11,17,19H,10,12-16,18H2. The molecule has 0 atom stereocenters. The number of benzene rings is 2. The highest BCUT2D eigenvalue weighted by atomic mass is 32.1. The topological polar surface area (TPSA) is 54.6 Å². The third-order valence-electron chi connectivity index (χ3n) is 6.40. The Morgan fingerprint density at radius 1 is 0.941 bits per heavy atom. The van der Waals surface area contributed by atoms with Gasteiger partial charge in [-0.1, -0.05) is 41.7 Å². The van der Waals surface area contributed by atoms with Crippen LogP contribution >= 0.6 is 11.3 Å². The molecular weight excluding hydrogens is 444 g/mol. The van der Waals surface area contributed by atoms with Gasteiger partial charge in [0.05, 0.1) is 11.0 Å². The van der Waals surface area contributed by atoms with Crippen molar-refractivity contribution < 1.29 is 9.15 Å². The summed E-state index contributed by atoms with van der Waals surface area (Å²) in [5, 5.41) is 1.73. The van der Waals surface area contributed by atoms with Crippen LogP contribution in [0, 0.1) is 0 Å². The summed E-state index contributed by atoms with van der Waals surface area (Å²) >= 11 is 1.49. The second-order valence-corrected chi connectivity index (χ2v) is 9.67. The van der Waals surface area contributed by atoms with Gasteiger partial charge in [0.2, 0.25) is 0 Å². The molecule has 2 aromatic carbocycles. The van der Waals surface area contributed by atoms with Gasteiger partial charge in [-0.15, -0.1) is 0 Å². The molecule has 1 saturated heterocycles. The van der Waals surface area contributed by atoms with Crippen molar-refractivity contribution >= 4 is 32.7 Å². The normalized spacial score (nSPS) is 15.3. The number of nitrogens with zero attached hydrogens (tertiary/aromatic N) is 4. The van der Waals surface area contributed by atoms with Crippen LogP contribution in [0.5, 0.6) is 10.9 Å². The molecule has 3 aromatic heterocycles. The molecule has 6 nitrogen and oxygen atoms in total. The molecule has 4 heterocycles. The molecule has 1 aliphatic heterocycles. The number of ether oxygens (including phenoxy) is 1. The molecular formula is C27H26N4O2S. The van der Waals surface area contributed by atoms with Gasteiger partial charge in [0.15, 0.2) is 5.65 Å². The predicted molar refractivity (Wildman–Crippen MR) is 136 cm³/mol. The number of fused-ring (bicyclic) bond motifs is 2. The first-order valence-electron chi connectivity index (χ1n) is 11.7. The van der Waals surface area contributed by atoms with Gasteiger partial charge in [-0.3, -0.25) is 4.90 Å². The lowest BCUT2D eigenvalue weighted by Crippen LogP contribution is -2.46. The summed E-state index contributed by atoms with van der Waals surface area (Å²) in [6.45, 7) is 6.40. The van der Waals surface area contributed by atoms with E-state index in [4.69, 9.17) is 9.15 Å². The van der Waals surface area contributed by atoms with Crippen LogP contribution in [0.4, 0.5) is 0 Å². The molecule has 0 aliphatic carbocycles. The number of pyridine rings is 1. The van der Waals surface area contributed by atoms with Crippen LogP contribution in [0.25, 0.3) is 21.3 Å². The van der Waals surface area contributed by atoms with Crippen LogP contribution in [0.1, 0.15) is 11.1 Å². The van der Waals surface area contributed by atoms with Crippen molar-refractivity contribution in [1.82, 2.24) is 19.8 Å². The molecule has 7 heteroatoms. The molecule has 0 radical (unpaired) electrons. The Balaban J connectivity index is 1.06. The predicted octanol–water partition coefficient (Wildman–Crippen LogP) is 5.59. The van der Waals surface area contributed by atoms with E-state index in [-0.39, 0.29) is 0 Å².